The van der Waals surface area contributed by atoms with Gasteiger partial charge in [0.05, 0.1) is 13.0 Å². The van der Waals surface area contributed by atoms with Crippen molar-refractivity contribution in [2.45, 2.75) is 155 Å². The lowest BCUT2D eigenvalue weighted by atomic mass is 10.1. The van der Waals surface area contributed by atoms with Crippen LogP contribution < -0.4 is 0 Å². The van der Waals surface area contributed by atoms with Crippen molar-refractivity contribution in [1.29, 1.82) is 0 Å². The smallest absolute Gasteiger partial charge is 0.462 e. The van der Waals surface area contributed by atoms with Crippen LogP contribution in [0.1, 0.15) is 149 Å². The van der Waals surface area contributed by atoms with Crippen molar-refractivity contribution in [1.82, 2.24) is 0 Å². The maximum atomic E-state index is 12.3. The number of hydrogen-bond acceptors (Lipinski definition) is 6. The summed E-state index contributed by atoms with van der Waals surface area (Å²) in [5.74, 6) is -1.05. The van der Waals surface area contributed by atoms with Crippen LogP contribution >= 0.6 is 7.82 Å². The predicted molar refractivity (Wildman–Crippen MR) is 211 cm³/mol. The minimum absolute atomic E-state index is 0.0263. The lowest BCUT2D eigenvalue weighted by molar-refractivity contribution is -0.160. The molecule has 0 spiro atoms. The molecule has 290 valence electrons. The first kappa shape index (κ1) is 48.2. The molecule has 2 N–H and O–H groups in total. The van der Waals surface area contributed by atoms with Gasteiger partial charge in [0.1, 0.15) is 6.61 Å². The van der Waals surface area contributed by atoms with Crippen molar-refractivity contribution >= 4 is 19.8 Å². The Balaban J connectivity index is 4.10. The Bertz CT molecular complexity index is 1100. The van der Waals surface area contributed by atoms with Gasteiger partial charge >= 0.3 is 19.8 Å². The first-order valence-corrected chi connectivity index (χ1v) is 20.9. The summed E-state index contributed by atoms with van der Waals surface area (Å²) in [6.45, 7) is 3.44. The molecule has 0 heterocycles. The minimum atomic E-state index is -4.78. The molecule has 0 rings (SSSR count). The summed E-state index contributed by atoms with van der Waals surface area (Å²) in [7, 11) is -4.78. The zero-order chi connectivity index (χ0) is 37.5. The third kappa shape index (κ3) is 39.9. The third-order valence-electron chi connectivity index (χ3n) is 7.68. The molecule has 0 aliphatic carbocycles. The van der Waals surface area contributed by atoms with Gasteiger partial charge in [-0.2, -0.15) is 0 Å². The van der Waals surface area contributed by atoms with E-state index in [4.69, 9.17) is 19.3 Å². The average Bonchev–Trinajstić information content (AvgIpc) is 3.10. The van der Waals surface area contributed by atoms with Crippen LogP contribution in [-0.4, -0.2) is 41.0 Å². The molecule has 0 aliphatic rings. The van der Waals surface area contributed by atoms with Crippen molar-refractivity contribution in [3.8, 4) is 0 Å². The molecular formula is C42H69O8P. The lowest BCUT2D eigenvalue weighted by Gasteiger charge is -2.18. The van der Waals surface area contributed by atoms with Crippen molar-refractivity contribution in [2.75, 3.05) is 13.2 Å². The zero-order valence-electron chi connectivity index (χ0n) is 31.7. The number of phosphoric acid groups is 1. The third-order valence-corrected chi connectivity index (χ3v) is 8.17. The Morgan fingerprint density at radius 1 is 0.549 bits per heavy atom. The monoisotopic (exact) mass is 732 g/mol. The highest BCUT2D eigenvalue weighted by molar-refractivity contribution is 7.46. The van der Waals surface area contributed by atoms with Crippen LogP contribution in [0, 0.1) is 0 Å². The molecule has 0 aromatic rings. The zero-order valence-corrected chi connectivity index (χ0v) is 32.6. The fourth-order valence-corrected chi connectivity index (χ4v) is 5.19. The number of hydrogen-bond donors (Lipinski definition) is 2. The number of carbonyl (C=O) groups excluding carboxylic acids is 2. The van der Waals surface area contributed by atoms with Gasteiger partial charge in [-0.25, -0.2) is 4.57 Å². The SMILES string of the molecule is CC/C=C\C/C=C\C/C=C\C/C=C\C/C=C\CC(=O)OC(COC(=O)CCCCCCCCC/C=C\C/C=C\CCCCCC)COP(=O)(O)O. The van der Waals surface area contributed by atoms with Gasteiger partial charge in [-0.15, -0.1) is 0 Å². The number of rotatable bonds is 34. The Morgan fingerprint density at radius 2 is 1.00 bits per heavy atom. The molecule has 0 fully saturated rings. The molecule has 0 aromatic heterocycles. The van der Waals surface area contributed by atoms with E-state index >= 15 is 0 Å². The maximum absolute atomic E-state index is 12.3. The summed E-state index contributed by atoms with van der Waals surface area (Å²) in [5, 5.41) is 0. The normalized spacial score (nSPS) is 13.4. The number of esters is 2. The van der Waals surface area contributed by atoms with Gasteiger partial charge in [0, 0.05) is 6.42 Å². The Hall–Kier alpha value is -2.77. The number of carbonyl (C=O) groups is 2. The summed E-state index contributed by atoms with van der Waals surface area (Å²) in [6, 6.07) is 0. The molecule has 0 radical (unpaired) electrons. The second kappa shape index (κ2) is 37.0. The van der Waals surface area contributed by atoms with Crippen LogP contribution in [0.3, 0.4) is 0 Å². The number of allylic oxidation sites excluding steroid dienone is 13. The summed E-state index contributed by atoms with van der Waals surface area (Å²) in [4.78, 5) is 42.7. The summed E-state index contributed by atoms with van der Waals surface area (Å²) in [6.07, 6.45) is 49.0. The molecule has 0 bridgehead atoms. The molecule has 1 unspecified atom stereocenters. The van der Waals surface area contributed by atoms with Gasteiger partial charge in [-0.3, -0.25) is 14.1 Å². The Labute approximate surface area is 310 Å². The minimum Gasteiger partial charge on any atom is -0.462 e. The highest BCUT2D eigenvalue weighted by atomic mass is 31.2. The van der Waals surface area contributed by atoms with E-state index in [9.17, 15) is 14.2 Å². The van der Waals surface area contributed by atoms with Crippen LogP contribution in [0.2, 0.25) is 0 Å². The van der Waals surface area contributed by atoms with Crippen molar-refractivity contribution in [3.63, 3.8) is 0 Å². The van der Waals surface area contributed by atoms with Gasteiger partial charge in [-0.1, -0.05) is 150 Å². The quantitative estimate of drug-likeness (QED) is 0.0290. The van der Waals surface area contributed by atoms with Gasteiger partial charge in [0.2, 0.25) is 0 Å². The predicted octanol–water partition coefficient (Wildman–Crippen LogP) is 11.7. The second-order valence-corrected chi connectivity index (χ2v) is 13.8. The first-order chi connectivity index (χ1) is 24.8. The average molecular weight is 733 g/mol. The molecule has 8 nitrogen and oxygen atoms in total. The molecule has 0 aliphatic heterocycles. The Kier molecular flexibility index (Phi) is 35.0. The molecule has 0 saturated heterocycles. The van der Waals surface area contributed by atoms with E-state index in [-0.39, 0.29) is 19.4 Å². The van der Waals surface area contributed by atoms with Crippen molar-refractivity contribution in [3.05, 3.63) is 85.1 Å². The number of phosphoric ester groups is 1. The molecule has 51 heavy (non-hydrogen) atoms. The van der Waals surface area contributed by atoms with E-state index in [1.54, 1.807) is 6.08 Å². The lowest BCUT2D eigenvalue weighted by Crippen LogP contribution is -2.29. The summed E-state index contributed by atoms with van der Waals surface area (Å²) < 4.78 is 26.2. The standard InChI is InChI=1S/C42H69O8P/c1-3-5-7-9-11-13-15-17-19-20-21-23-24-26-28-30-32-34-36-41(43)48-38-40(39-49-51(45,46)47)50-42(44)37-35-33-31-29-27-25-22-18-16-14-12-10-8-6-4-2/h6,8,12-15,18-20,22,27,29,33,35,40H,3-5,7,9-11,16-17,21,23-26,28,30-32,34,36-39H2,1-2H3,(H2,45,46,47)/b8-6-,14-12-,15-13-,20-19-,22-18-,29-27-,35-33-. The highest BCUT2D eigenvalue weighted by Crippen LogP contribution is 2.35. The number of unbranched alkanes of at least 4 members (excludes halogenated alkanes) is 11. The van der Waals surface area contributed by atoms with Crippen LogP contribution in [-0.2, 0) is 28.2 Å². The van der Waals surface area contributed by atoms with E-state index in [2.05, 4.69) is 79.1 Å². The topological polar surface area (TPSA) is 119 Å². The van der Waals surface area contributed by atoms with Crippen LogP contribution in [0.5, 0.6) is 0 Å². The van der Waals surface area contributed by atoms with Crippen molar-refractivity contribution in [2.24, 2.45) is 0 Å². The molecule has 0 aromatic carbocycles. The second-order valence-electron chi connectivity index (χ2n) is 12.5. The van der Waals surface area contributed by atoms with E-state index in [1.807, 2.05) is 18.2 Å². The molecule has 0 saturated carbocycles. The van der Waals surface area contributed by atoms with E-state index in [0.717, 1.165) is 57.8 Å². The largest absolute Gasteiger partial charge is 0.469 e. The first-order valence-electron chi connectivity index (χ1n) is 19.4. The van der Waals surface area contributed by atoms with E-state index in [0.29, 0.717) is 12.8 Å². The van der Waals surface area contributed by atoms with Gasteiger partial charge < -0.3 is 19.3 Å². The van der Waals surface area contributed by atoms with Crippen molar-refractivity contribution < 1.29 is 37.9 Å². The van der Waals surface area contributed by atoms with E-state index < -0.39 is 32.5 Å². The van der Waals surface area contributed by atoms with E-state index in [1.165, 1.54) is 51.4 Å². The molecule has 9 heteroatoms. The fourth-order valence-electron chi connectivity index (χ4n) is 4.83. The Morgan fingerprint density at radius 3 is 1.51 bits per heavy atom. The highest BCUT2D eigenvalue weighted by Gasteiger charge is 2.22. The van der Waals surface area contributed by atoms with Crippen LogP contribution in [0.15, 0.2) is 85.1 Å². The van der Waals surface area contributed by atoms with Gasteiger partial charge in [0.15, 0.2) is 6.10 Å². The molecule has 1 atom stereocenters. The van der Waals surface area contributed by atoms with Gasteiger partial charge in [0.25, 0.3) is 0 Å². The summed E-state index contributed by atoms with van der Waals surface area (Å²) >= 11 is 0. The van der Waals surface area contributed by atoms with Gasteiger partial charge in [-0.05, 0) is 70.6 Å². The fraction of sp³-hybridized carbons (Fsp3) is 0.619. The summed E-state index contributed by atoms with van der Waals surface area (Å²) in [5.41, 5.74) is 0. The number of ether oxygens (including phenoxy) is 2. The van der Waals surface area contributed by atoms with Crippen LogP contribution in [0.4, 0.5) is 0 Å². The molecular weight excluding hydrogens is 663 g/mol. The molecule has 0 amide bonds. The maximum Gasteiger partial charge on any atom is 0.469 e. The van der Waals surface area contributed by atoms with Crippen LogP contribution in [0.25, 0.3) is 0 Å².